The lowest BCUT2D eigenvalue weighted by Gasteiger charge is -2.10. The summed E-state index contributed by atoms with van der Waals surface area (Å²) in [5.74, 6) is 3.36. The van der Waals surface area contributed by atoms with Crippen LogP contribution in [0.25, 0.3) is 0 Å². The first-order valence-electron chi connectivity index (χ1n) is 8.02. The third kappa shape index (κ3) is 6.01. The number of nitrogens with one attached hydrogen (secondary N) is 1. The maximum Gasteiger partial charge on any atom is 0.220 e. The zero-order valence-corrected chi connectivity index (χ0v) is 14.0. The van der Waals surface area contributed by atoms with Gasteiger partial charge in [-0.3, -0.25) is 4.79 Å². The normalized spacial score (nSPS) is 14.0. The molecule has 1 aliphatic rings. The predicted octanol–water partition coefficient (Wildman–Crippen LogP) is 2.68. The van der Waals surface area contributed by atoms with E-state index in [9.17, 15) is 4.79 Å². The van der Waals surface area contributed by atoms with Crippen LogP contribution in [0.4, 0.5) is 0 Å². The number of ether oxygens (including phenoxy) is 2. The topological polar surface area (TPSA) is 72.3 Å². The van der Waals surface area contributed by atoms with Gasteiger partial charge in [0.15, 0.2) is 5.66 Å². The molecule has 0 aromatic heterocycles. The van der Waals surface area contributed by atoms with E-state index in [-0.39, 0.29) is 5.91 Å². The van der Waals surface area contributed by atoms with Crippen molar-refractivity contribution in [3.05, 3.63) is 29.8 Å². The molecule has 24 heavy (non-hydrogen) atoms. The Hall–Kier alpha value is -2.39. The number of methoxy groups -OCH3 is 1. The Bertz CT molecular complexity index is 616. The van der Waals surface area contributed by atoms with Crippen LogP contribution in [0.1, 0.15) is 31.2 Å². The van der Waals surface area contributed by atoms with E-state index >= 15 is 0 Å². The second-order valence-corrected chi connectivity index (χ2v) is 5.64. The van der Waals surface area contributed by atoms with Crippen LogP contribution in [0.15, 0.2) is 34.5 Å². The number of carbonyl (C=O) groups is 1. The van der Waals surface area contributed by atoms with Crippen molar-refractivity contribution >= 4 is 5.91 Å². The second kappa shape index (κ2) is 9.04. The van der Waals surface area contributed by atoms with Crippen molar-refractivity contribution in [2.75, 3.05) is 20.3 Å². The van der Waals surface area contributed by atoms with Gasteiger partial charge in [-0.1, -0.05) is 12.1 Å². The Labute approximate surface area is 142 Å². The van der Waals surface area contributed by atoms with Crippen LogP contribution in [0.3, 0.4) is 0 Å². The van der Waals surface area contributed by atoms with Crippen LogP contribution in [0, 0.1) is 12.3 Å². The molecule has 0 saturated heterocycles. The number of hydrogen-bond acceptors (Lipinski definition) is 5. The van der Waals surface area contributed by atoms with Crippen molar-refractivity contribution in [1.82, 2.24) is 5.32 Å². The highest BCUT2D eigenvalue weighted by molar-refractivity contribution is 5.75. The summed E-state index contributed by atoms with van der Waals surface area (Å²) in [6.07, 6.45) is 7.61. The van der Waals surface area contributed by atoms with Gasteiger partial charge in [-0.05, 0) is 17.7 Å². The Balaban J connectivity index is 1.54. The average molecular weight is 329 g/mol. The van der Waals surface area contributed by atoms with Crippen molar-refractivity contribution in [1.29, 1.82) is 0 Å². The highest BCUT2D eigenvalue weighted by Crippen LogP contribution is 2.37. The minimum Gasteiger partial charge on any atom is -0.497 e. The average Bonchev–Trinajstić information content (AvgIpc) is 3.38. The summed E-state index contributed by atoms with van der Waals surface area (Å²) in [6.45, 7) is 1.43. The smallest absolute Gasteiger partial charge is 0.220 e. The molecule has 2 rings (SSSR count). The van der Waals surface area contributed by atoms with Crippen molar-refractivity contribution in [3.63, 3.8) is 0 Å². The van der Waals surface area contributed by atoms with Gasteiger partial charge < -0.3 is 14.8 Å². The van der Waals surface area contributed by atoms with Crippen LogP contribution >= 0.6 is 0 Å². The first-order valence-corrected chi connectivity index (χ1v) is 8.02. The molecule has 0 spiro atoms. The third-order valence-corrected chi connectivity index (χ3v) is 3.78. The Morgan fingerprint density at radius 1 is 1.38 bits per heavy atom. The molecule has 1 heterocycles. The zero-order valence-electron chi connectivity index (χ0n) is 14.0. The first kappa shape index (κ1) is 18.0. The maximum atomic E-state index is 11.8. The Morgan fingerprint density at radius 3 is 2.92 bits per heavy atom. The summed E-state index contributed by atoms with van der Waals surface area (Å²) in [7, 11) is 1.63. The number of rotatable bonds is 11. The molecule has 128 valence electrons. The van der Waals surface area contributed by atoms with Crippen LogP contribution in [-0.4, -0.2) is 31.8 Å². The monoisotopic (exact) mass is 329 g/mol. The number of benzene rings is 1. The molecule has 0 radical (unpaired) electrons. The fourth-order valence-electron chi connectivity index (χ4n) is 2.29. The van der Waals surface area contributed by atoms with Gasteiger partial charge in [0.25, 0.3) is 0 Å². The fourth-order valence-corrected chi connectivity index (χ4v) is 2.29. The molecule has 0 aliphatic carbocycles. The molecular formula is C18H23N3O3. The van der Waals surface area contributed by atoms with E-state index in [4.69, 9.17) is 15.9 Å². The first-order chi connectivity index (χ1) is 11.7. The number of carbonyl (C=O) groups excluding carboxylic acids is 1. The summed E-state index contributed by atoms with van der Waals surface area (Å²) < 4.78 is 10.7. The summed E-state index contributed by atoms with van der Waals surface area (Å²) >= 11 is 0. The fraction of sp³-hybridized carbons (Fsp3) is 0.500. The molecule has 1 aromatic carbocycles. The van der Waals surface area contributed by atoms with Crippen LogP contribution < -0.4 is 10.1 Å². The summed E-state index contributed by atoms with van der Waals surface area (Å²) in [5, 5.41) is 10.9. The highest BCUT2D eigenvalue weighted by atomic mass is 16.5. The molecule has 1 amide bonds. The summed E-state index contributed by atoms with van der Waals surface area (Å²) in [6, 6.07) is 7.71. The van der Waals surface area contributed by atoms with E-state index in [1.807, 2.05) is 24.3 Å². The lowest BCUT2D eigenvalue weighted by molar-refractivity contribution is -0.121. The number of amides is 1. The molecule has 0 saturated carbocycles. The quantitative estimate of drug-likeness (QED) is 0.501. The molecule has 1 aromatic rings. The molecule has 0 atom stereocenters. The standard InChI is InChI=1S/C18H23N3O3/c1-3-4-9-18(20-21-18)10-8-17(22)19-11-12-24-14-15-6-5-7-16(13-15)23-2/h1,5-7,13H,4,8-12,14H2,2H3,(H,19,22). The van der Waals surface area contributed by atoms with E-state index in [1.54, 1.807) is 7.11 Å². The lowest BCUT2D eigenvalue weighted by atomic mass is 10.0. The van der Waals surface area contributed by atoms with E-state index < -0.39 is 5.66 Å². The molecule has 1 aliphatic heterocycles. The van der Waals surface area contributed by atoms with Crippen LogP contribution in [-0.2, 0) is 16.1 Å². The highest BCUT2D eigenvalue weighted by Gasteiger charge is 2.39. The van der Waals surface area contributed by atoms with Crippen molar-refractivity contribution in [3.8, 4) is 18.1 Å². The van der Waals surface area contributed by atoms with Gasteiger partial charge >= 0.3 is 0 Å². The van der Waals surface area contributed by atoms with Gasteiger partial charge in [-0.2, -0.15) is 10.2 Å². The Morgan fingerprint density at radius 2 is 2.21 bits per heavy atom. The van der Waals surface area contributed by atoms with Crippen molar-refractivity contribution in [2.45, 2.75) is 38.0 Å². The maximum absolute atomic E-state index is 11.8. The minimum absolute atomic E-state index is 0.0163. The second-order valence-electron chi connectivity index (χ2n) is 5.64. The van der Waals surface area contributed by atoms with E-state index in [2.05, 4.69) is 21.5 Å². The lowest BCUT2D eigenvalue weighted by Crippen LogP contribution is -2.28. The summed E-state index contributed by atoms with van der Waals surface area (Å²) in [5.41, 5.74) is 0.639. The van der Waals surface area contributed by atoms with Gasteiger partial charge in [0.2, 0.25) is 5.91 Å². The summed E-state index contributed by atoms with van der Waals surface area (Å²) in [4.78, 5) is 11.8. The molecule has 0 fully saturated rings. The minimum atomic E-state index is -0.396. The van der Waals surface area contributed by atoms with Crippen LogP contribution in [0.2, 0.25) is 0 Å². The molecule has 0 bridgehead atoms. The molecule has 6 nitrogen and oxygen atoms in total. The van der Waals surface area contributed by atoms with Crippen LogP contribution in [0.5, 0.6) is 5.75 Å². The van der Waals surface area contributed by atoms with Crippen molar-refractivity contribution < 1.29 is 14.3 Å². The number of hydrogen-bond donors (Lipinski definition) is 1. The van der Waals surface area contributed by atoms with Gasteiger partial charge in [0, 0.05) is 32.2 Å². The van der Waals surface area contributed by atoms with Gasteiger partial charge in [-0.15, -0.1) is 12.3 Å². The van der Waals surface area contributed by atoms with Gasteiger partial charge in [0.1, 0.15) is 5.75 Å². The number of nitrogens with zero attached hydrogens (tertiary/aromatic N) is 2. The van der Waals surface area contributed by atoms with E-state index in [0.29, 0.717) is 39.0 Å². The van der Waals surface area contributed by atoms with Gasteiger partial charge in [-0.25, -0.2) is 0 Å². The Kier molecular flexibility index (Phi) is 6.76. The molecular weight excluding hydrogens is 306 g/mol. The zero-order chi connectivity index (χ0) is 17.3. The molecule has 6 heteroatoms. The largest absolute Gasteiger partial charge is 0.497 e. The third-order valence-electron chi connectivity index (χ3n) is 3.78. The van der Waals surface area contributed by atoms with Gasteiger partial charge in [0.05, 0.1) is 20.3 Å². The molecule has 1 N–H and O–H groups in total. The SMILES string of the molecule is C#CCCC1(CCC(=O)NCCOCc2cccc(OC)c2)N=N1. The van der Waals surface area contributed by atoms with E-state index in [1.165, 1.54) is 0 Å². The number of terminal acetylenes is 1. The predicted molar refractivity (Wildman–Crippen MR) is 90.5 cm³/mol. The van der Waals surface area contributed by atoms with Crippen molar-refractivity contribution in [2.24, 2.45) is 10.2 Å². The van der Waals surface area contributed by atoms with E-state index in [0.717, 1.165) is 17.7 Å². The molecule has 0 unspecified atom stereocenters.